The fourth-order valence-electron chi connectivity index (χ4n) is 4.44. The highest BCUT2D eigenvalue weighted by molar-refractivity contribution is 5.89. The van der Waals surface area contributed by atoms with E-state index in [1.54, 1.807) is 0 Å². The Morgan fingerprint density at radius 1 is 0.852 bits per heavy atom. The summed E-state index contributed by atoms with van der Waals surface area (Å²) in [5.74, 6) is 0. The molecule has 0 spiro atoms. The molecule has 1 heterocycles. The number of nitrogens with one attached hydrogen (secondary N) is 1. The SMILES string of the molecule is c1ccc(C[NH2+][C@H]2CCCc3c2[nH]c2ccc(-c4ccccc4)cc32)cc1. The van der Waals surface area contributed by atoms with Gasteiger partial charge >= 0.3 is 0 Å². The number of nitrogens with two attached hydrogens (primary N) is 1. The van der Waals surface area contributed by atoms with Crippen molar-refractivity contribution in [1.29, 1.82) is 0 Å². The quantitative estimate of drug-likeness (QED) is 0.519. The van der Waals surface area contributed by atoms with Gasteiger partial charge in [-0.05, 0) is 41.7 Å². The normalized spacial score (nSPS) is 16.4. The van der Waals surface area contributed by atoms with Crippen LogP contribution in [0.15, 0.2) is 78.9 Å². The molecule has 0 saturated heterocycles. The van der Waals surface area contributed by atoms with E-state index in [1.165, 1.54) is 58.1 Å². The summed E-state index contributed by atoms with van der Waals surface area (Å²) >= 11 is 0. The summed E-state index contributed by atoms with van der Waals surface area (Å²) in [5.41, 5.74) is 8.24. The highest BCUT2D eigenvalue weighted by Gasteiger charge is 2.26. The molecule has 0 saturated carbocycles. The molecule has 0 radical (unpaired) electrons. The second-order valence-corrected chi connectivity index (χ2v) is 7.57. The van der Waals surface area contributed by atoms with Crippen LogP contribution in [0, 0.1) is 0 Å². The molecule has 0 unspecified atom stereocenters. The molecule has 0 bridgehead atoms. The number of hydrogen-bond donors (Lipinski definition) is 2. The number of aromatic nitrogens is 1. The van der Waals surface area contributed by atoms with E-state index in [9.17, 15) is 0 Å². The molecule has 2 nitrogen and oxygen atoms in total. The first-order chi connectivity index (χ1) is 13.4. The van der Waals surface area contributed by atoms with Gasteiger partial charge in [0, 0.05) is 22.9 Å². The Labute approximate surface area is 160 Å². The highest BCUT2D eigenvalue weighted by Crippen LogP contribution is 2.35. The topological polar surface area (TPSA) is 32.4 Å². The largest absolute Gasteiger partial charge is 0.353 e. The zero-order valence-electron chi connectivity index (χ0n) is 15.5. The zero-order chi connectivity index (χ0) is 18.1. The van der Waals surface area contributed by atoms with Crippen LogP contribution in [0.1, 0.15) is 35.7 Å². The minimum absolute atomic E-state index is 0.529. The standard InChI is InChI=1S/C25H24N2/c1-3-8-18(9-4-1)17-26-24-13-7-12-21-22-16-20(19-10-5-2-6-11-19)14-15-23(22)27-25(21)24/h1-6,8-11,14-16,24,26-27H,7,12-13,17H2/p+1/t24-/m0/s1. The lowest BCUT2D eigenvalue weighted by atomic mass is 9.91. The molecule has 27 heavy (non-hydrogen) atoms. The van der Waals surface area contributed by atoms with Crippen LogP contribution in [0.3, 0.4) is 0 Å². The second kappa shape index (κ2) is 7.05. The molecule has 5 rings (SSSR count). The fraction of sp³-hybridized carbons (Fsp3) is 0.200. The monoisotopic (exact) mass is 353 g/mol. The molecule has 1 aliphatic rings. The predicted molar refractivity (Wildman–Crippen MR) is 111 cm³/mol. The van der Waals surface area contributed by atoms with E-state index in [2.05, 4.69) is 89.2 Å². The van der Waals surface area contributed by atoms with E-state index in [-0.39, 0.29) is 0 Å². The van der Waals surface area contributed by atoms with Crippen molar-refractivity contribution < 1.29 is 5.32 Å². The molecule has 134 valence electrons. The molecule has 0 aliphatic heterocycles. The molecule has 1 aliphatic carbocycles. The summed E-state index contributed by atoms with van der Waals surface area (Å²) in [6.07, 6.45) is 3.70. The molecule has 0 fully saturated rings. The third-order valence-corrected chi connectivity index (χ3v) is 5.84. The van der Waals surface area contributed by atoms with Crippen molar-refractivity contribution in [2.24, 2.45) is 0 Å². The van der Waals surface area contributed by atoms with Crippen molar-refractivity contribution in [2.75, 3.05) is 0 Å². The zero-order valence-corrected chi connectivity index (χ0v) is 15.5. The van der Waals surface area contributed by atoms with Crippen molar-refractivity contribution in [3.05, 3.63) is 95.7 Å². The van der Waals surface area contributed by atoms with Gasteiger partial charge in [0.15, 0.2) is 0 Å². The van der Waals surface area contributed by atoms with Gasteiger partial charge in [-0.1, -0.05) is 66.7 Å². The van der Waals surface area contributed by atoms with Crippen molar-refractivity contribution in [2.45, 2.75) is 31.8 Å². The van der Waals surface area contributed by atoms with Crippen LogP contribution in [0.4, 0.5) is 0 Å². The Kier molecular flexibility index (Phi) is 4.27. The number of hydrogen-bond acceptors (Lipinski definition) is 0. The first kappa shape index (κ1) is 16.3. The predicted octanol–water partition coefficient (Wildman–Crippen LogP) is 4.98. The number of benzene rings is 3. The summed E-state index contributed by atoms with van der Waals surface area (Å²) in [6.45, 7) is 1.04. The highest BCUT2D eigenvalue weighted by atomic mass is 14.9. The lowest BCUT2D eigenvalue weighted by molar-refractivity contribution is -0.712. The Morgan fingerprint density at radius 3 is 2.44 bits per heavy atom. The van der Waals surface area contributed by atoms with Crippen LogP contribution in [-0.2, 0) is 13.0 Å². The van der Waals surface area contributed by atoms with Crippen molar-refractivity contribution in [3.8, 4) is 11.1 Å². The van der Waals surface area contributed by atoms with E-state index in [0.717, 1.165) is 6.54 Å². The average molecular weight is 353 g/mol. The van der Waals surface area contributed by atoms with E-state index in [4.69, 9.17) is 0 Å². The van der Waals surface area contributed by atoms with Gasteiger partial charge in [0.25, 0.3) is 0 Å². The Balaban J connectivity index is 1.47. The van der Waals surface area contributed by atoms with E-state index in [0.29, 0.717) is 6.04 Å². The van der Waals surface area contributed by atoms with Crippen molar-refractivity contribution >= 4 is 10.9 Å². The molecular weight excluding hydrogens is 328 g/mol. The van der Waals surface area contributed by atoms with Gasteiger partial charge in [0.2, 0.25) is 0 Å². The van der Waals surface area contributed by atoms with Crippen LogP contribution >= 0.6 is 0 Å². The Morgan fingerprint density at radius 2 is 1.63 bits per heavy atom. The fourth-order valence-corrected chi connectivity index (χ4v) is 4.44. The van der Waals surface area contributed by atoms with E-state index < -0.39 is 0 Å². The molecule has 1 atom stereocenters. The third kappa shape index (κ3) is 3.17. The maximum atomic E-state index is 3.75. The third-order valence-electron chi connectivity index (χ3n) is 5.84. The van der Waals surface area contributed by atoms with Gasteiger partial charge in [-0.25, -0.2) is 0 Å². The van der Waals surface area contributed by atoms with Gasteiger partial charge in [0.1, 0.15) is 12.6 Å². The maximum Gasteiger partial charge on any atom is 0.127 e. The summed E-state index contributed by atoms with van der Waals surface area (Å²) in [7, 11) is 0. The number of aromatic amines is 1. The second-order valence-electron chi connectivity index (χ2n) is 7.57. The van der Waals surface area contributed by atoms with Crippen LogP contribution in [-0.4, -0.2) is 4.98 Å². The Bertz CT molecular complexity index is 1050. The summed E-state index contributed by atoms with van der Waals surface area (Å²) < 4.78 is 0. The lowest BCUT2D eigenvalue weighted by Gasteiger charge is -2.21. The number of quaternary nitrogens is 1. The van der Waals surface area contributed by atoms with Gasteiger partial charge in [-0.3, -0.25) is 0 Å². The number of aryl methyl sites for hydroxylation is 1. The van der Waals surface area contributed by atoms with Crippen LogP contribution in [0.5, 0.6) is 0 Å². The van der Waals surface area contributed by atoms with E-state index in [1.807, 2.05) is 0 Å². The van der Waals surface area contributed by atoms with Gasteiger partial charge in [-0.2, -0.15) is 0 Å². The average Bonchev–Trinajstić information content (AvgIpc) is 3.12. The van der Waals surface area contributed by atoms with Crippen LogP contribution in [0.2, 0.25) is 0 Å². The van der Waals surface area contributed by atoms with Gasteiger partial charge in [0.05, 0.1) is 5.69 Å². The maximum absolute atomic E-state index is 3.75. The number of H-pyrrole nitrogens is 1. The first-order valence-electron chi connectivity index (χ1n) is 9.96. The molecule has 4 aromatic rings. The van der Waals surface area contributed by atoms with Crippen molar-refractivity contribution in [3.63, 3.8) is 0 Å². The minimum atomic E-state index is 0.529. The smallest absolute Gasteiger partial charge is 0.127 e. The number of fused-ring (bicyclic) bond motifs is 3. The van der Waals surface area contributed by atoms with Gasteiger partial charge < -0.3 is 10.3 Å². The van der Waals surface area contributed by atoms with Crippen LogP contribution in [0.25, 0.3) is 22.0 Å². The molecule has 2 heteroatoms. The summed E-state index contributed by atoms with van der Waals surface area (Å²) in [6, 6.07) is 28.9. The molecule has 3 N–H and O–H groups in total. The Hall–Kier alpha value is -2.84. The van der Waals surface area contributed by atoms with E-state index >= 15 is 0 Å². The van der Waals surface area contributed by atoms with Gasteiger partial charge in [-0.15, -0.1) is 0 Å². The molecule has 3 aromatic carbocycles. The molecule has 0 amide bonds. The first-order valence-corrected chi connectivity index (χ1v) is 9.96. The van der Waals surface area contributed by atoms with Crippen LogP contribution < -0.4 is 5.32 Å². The lowest BCUT2D eigenvalue weighted by Crippen LogP contribution is -2.84. The van der Waals surface area contributed by atoms with Crippen molar-refractivity contribution in [1.82, 2.24) is 4.98 Å². The number of rotatable bonds is 4. The molecule has 1 aromatic heterocycles. The summed E-state index contributed by atoms with van der Waals surface area (Å²) in [4.78, 5) is 3.75. The molecular formula is C25H25N2+. The minimum Gasteiger partial charge on any atom is -0.353 e. The summed E-state index contributed by atoms with van der Waals surface area (Å²) in [5, 5.41) is 3.91.